The SMILES string of the molecule is Fc1ccccc1CC(Br)c1cccnc1. The molecular weight excluding hydrogens is 269 g/mol. The fourth-order valence-electron chi connectivity index (χ4n) is 1.54. The highest BCUT2D eigenvalue weighted by Crippen LogP contribution is 2.27. The first-order chi connectivity index (χ1) is 7.77. The van der Waals surface area contributed by atoms with Crippen molar-refractivity contribution in [3.8, 4) is 0 Å². The van der Waals surface area contributed by atoms with Crippen LogP contribution >= 0.6 is 15.9 Å². The summed E-state index contributed by atoms with van der Waals surface area (Å²) in [5.74, 6) is -0.157. The number of benzene rings is 1. The van der Waals surface area contributed by atoms with Crippen molar-refractivity contribution in [2.75, 3.05) is 0 Å². The average Bonchev–Trinajstić information content (AvgIpc) is 2.33. The maximum absolute atomic E-state index is 13.4. The maximum Gasteiger partial charge on any atom is 0.126 e. The van der Waals surface area contributed by atoms with Crippen LogP contribution in [-0.2, 0) is 6.42 Å². The minimum absolute atomic E-state index is 0.0955. The smallest absolute Gasteiger partial charge is 0.126 e. The summed E-state index contributed by atoms with van der Waals surface area (Å²) in [5.41, 5.74) is 1.78. The van der Waals surface area contributed by atoms with E-state index in [1.807, 2.05) is 18.2 Å². The van der Waals surface area contributed by atoms with Gasteiger partial charge in [0, 0.05) is 17.2 Å². The summed E-state index contributed by atoms with van der Waals surface area (Å²) in [6.07, 6.45) is 4.14. The second-order valence-electron chi connectivity index (χ2n) is 3.55. The van der Waals surface area contributed by atoms with Crippen LogP contribution in [0.15, 0.2) is 48.8 Å². The van der Waals surface area contributed by atoms with Gasteiger partial charge in [0.05, 0.1) is 0 Å². The van der Waals surface area contributed by atoms with Crippen molar-refractivity contribution < 1.29 is 4.39 Å². The Hall–Kier alpha value is -1.22. The lowest BCUT2D eigenvalue weighted by molar-refractivity contribution is 0.608. The minimum atomic E-state index is -0.157. The summed E-state index contributed by atoms with van der Waals surface area (Å²) in [4.78, 5) is 4.14. The van der Waals surface area contributed by atoms with Crippen molar-refractivity contribution in [3.05, 3.63) is 65.7 Å². The Morgan fingerprint density at radius 2 is 2.00 bits per heavy atom. The van der Waals surface area contributed by atoms with Crippen LogP contribution in [0.3, 0.4) is 0 Å². The zero-order chi connectivity index (χ0) is 11.4. The lowest BCUT2D eigenvalue weighted by atomic mass is 10.1. The number of hydrogen-bond acceptors (Lipinski definition) is 1. The molecule has 0 fully saturated rings. The molecule has 16 heavy (non-hydrogen) atoms. The Bertz CT molecular complexity index is 458. The van der Waals surface area contributed by atoms with E-state index in [0.29, 0.717) is 12.0 Å². The van der Waals surface area contributed by atoms with Gasteiger partial charge in [0.2, 0.25) is 0 Å². The van der Waals surface area contributed by atoms with Crippen LogP contribution < -0.4 is 0 Å². The highest BCUT2D eigenvalue weighted by molar-refractivity contribution is 9.09. The van der Waals surface area contributed by atoms with Crippen LogP contribution in [0, 0.1) is 5.82 Å². The van der Waals surface area contributed by atoms with Gasteiger partial charge in [-0.15, -0.1) is 0 Å². The van der Waals surface area contributed by atoms with E-state index in [-0.39, 0.29) is 10.6 Å². The molecule has 0 amide bonds. The number of rotatable bonds is 3. The predicted octanol–water partition coefficient (Wildman–Crippen LogP) is 3.90. The molecule has 0 aliphatic heterocycles. The molecule has 2 rings (SSSR count). The Morgan fingerprint density at radius 1 is 1.19 bits per heavy atom. The molecule has 0 aliphatic rings. The number of alkyl halides is 1. The van der Waals surface area contributed by atoms with Gasteiger partial charge in [0.25, 0.3) is 0 Å². The van der Waals surface area contributed by atoms with E-state index < -0.39 is 0 Å². The van der Waals surface area contributed by atoms with E-state index in [2.05, 4.69) is 20.9 Å². The van der Waals surface area contributed by atoms with Crippen molar-refractivity contribution in [2.45, 2.75) is 11.2 Å². The van der Waals surface area contributed by atoms with Crippen LogP contribution in [0.1, 0.15) is 16.0 Å². The fraction of sp³-hybridized carbons (Fsp3) is 0.154. The Kier molecular flexibility index (Phi) is 3.67. The standard InChI is InChI=1S/C13H11BrFN/c14-12(11-5-3-7-16-9-11)8-10-4-1-2-6-13(10)15/h1-7,9,12H,8H2. The van der Waals surface area contributed by atoms with E-state index >= 15 is 0 Å². The molecule has 0 spiro atoms. The molecule has 1 unspecified atom stereocenters. The molecule has 0 aliphatic carbocycles. The normalized spacial score (nSPS) is 12.4. The van der Waals surface area contributed by atoms with E-state index in [1.54, 1.807) is 24.5 Å². The van der Waals surface area contributed by atoms with Gasteiger partial charge in [-0.1, -0.05) is 40.2 Å². The van der Waals surface area contributed by atoms with Crippen LogP contribution in [0.25, 0.3) is 0 Å². The van der Waals surface area contributed by atoms with Crippen molar-refractivity contribution >= 4 is 15.9 Å². The first-order valence-corrected chi connectivity index (χ1v) is 5.96. The van der Waals surface area contributed by atoms with E-state index in [1.165, 1.54) is 6.07 Å². The van der Waals surface area contributed by atoms with Crippen molar-refractivity contribution in [1.82, 2.24) is 4.98 Å². The van der Waals surface area contributed by atoms with Gasteiger partial charge in [0.1, 0.15) is 5.82 Å². The van der Waals surface area contributed by atoms with Gasteiger partial charge in [-0.25, -0.2) is 4.39 Å². The monoisotopic (exact) mass is 279 g/mol. The summed E-state index contributed by atoms with van der Waals surface area (Å²) in [6.45, 7) is 0. The first-order valence-electron chi connectivity index (χ1n) is 5.05. The van der Waals surface area contributed by atoms with Crippen molar-refractivity contribution in [2.24, 2.45) is 0 Å². The number of pyridine rings is 1. The summed E-state index contributed by atoms with van der Waals surface area (Å²) < 4.78 is 13.4. The average molecular weight is 280 g/mol. The van der Waals surface area contributed by atoms with Crippen molar-refractivity contribution in [1.29, 1.82) is 0 Å². The molecule has 0 saturated heterocycles. The topological polar surface area (TPSA) is 12.9 Å². The van der Waals surface area contributed by atoms with Gasteiger partial charge in [0.15, 0.2) is 0 Å². The van der Waals surface area contributed by atoms with E-state index in [9.17, 15) is 4.39 Å². The molecular formula is C13H11BrFN. The Balaban J connectivity index is 2.14. The Morgan fingerprint density at radius 3 is 2.69 bits per heavy atom. The molecule has 0 saturated carbocycles. The van der Waals surface area contributed by atoms with Crippen LogP contribution in [0.4, 0.5) is 4.39 Å². The summed E-state index contributed by atoms with van der Waals surface area (Å²) in [5, 5.41) is 0. The lowest BCUT2D eigenvalue weighted by Gasteiger charge is -2.10. The van der Waals surface area contributed by atoms with E-state index in [4.69, 9.17) is 0 Å². The van der Waals surface area contributed by atoms with Crippen LogP contribution in [-0.4, -0.2) is 4.98 Å². The molecule has 0 bridgehead atoms. The number of nitrogens with zero attached hydrogens (tertiary/aromatic N) is 1. The molecule has 1 aromatic heterocycles. The maximum atomic E-state index is 13.4. The second-order valence-corrected chi connectivity index (χ2v) is 4.65. The fourth-order valence-corrected chi connectivity index (χ4v) is 2.16. The third-order valence-electron chi connectivity index (χ3n) is 2.40. The van der Waals surface area contributed by atoms with Crippen molar-refractivity contribution in [3.63, 3.8) is 0 Å². The molecule has 82 valence electrons. The number of aromatic nitrogens is 1. The summed E-state index contributed by atoms with van der Waals surface area (Å²) in [7, 11) is 0. The van der Waals surface area contributed by atoms with Crippen LogP contribution in [0.5, 0.6) is 0 Å². The van der Waals surface area contributed by atoms with Crippen LogP contribution in [0.2, 0.25) is 0 Å². The summed E-state index contributed by atoms with van der Waals surface area (Å²) >= 11 is 3.55. The molecule has 1 atom stereocenters. The quantitative estimate of drug-likeness (QED) is 0.777. The number of halogens is 2. The minimum Gasteiger partial charge on any atom is -0.264 e. The molecule has 0 N–H and O–H groups in total. The zero-order valence-corrected chi connectivity index (χ0v) is 10.2. The molecule has 0 radical (unpaired) electrons. The first kappa shape index (κ1) is 11.3. The molecule has 1 nitrogen and oxygen atoms in total. The second kappa shape index (κ2) is 5.21. The molecule has 2 aromatic rings. The summed E-state index contributed by atoms with van der Waals surface area (Å²) in [6, 6.07) is 10.7. The van der Waals surface area contributed by atoms with Gasteiger partial charge < -0.3 is 0 Å². The van der Waals surface area contributed by atoms with Gasteiger partial charge in [-0.3, -0.25) is 4.98 Å². The Labute approximate surface area is 102 Å². The third-order valence-corrected chi connectivity index (χ3v) is 3.26. The highest BCUT2D eigenvalue weighted by Gasteiger charge is 2.10. The molecule has 1 heterocycles. The van der Waals surface area contributed by atoms with Gasteiger partial charge >= 0.3 is 0 Å². The van der Waals surface area contributed by atoms with Gasteiger partial charge in [-0.2, -0.15) is 0 Å². The highest BCUT2D eigenvalue weighted by atomic mass is 79.9. The van der Waals surface area contributed by atoms with E-state index in [0.717, 1.165) is 5.56 Å². The largest absolute Gasteiger partial charge is 0.264 e. The third kappa shape index (κ3) is 2.67. The lowest BCUT2D eigenvalue weighted by Crippen LogP contribution is -1.98. The van der Waals surface area contributed by atoms with Gasteiger partial charge in [-0.05, 0) is 29.7 Å². The zero-order valence-electron chi connectivity index (χ0n) is 8.61. The molecule has 1 aromatic carbocycles. The number of hydrogen-bond donors (Lipinski definition) is 0. The molecule has 3 heteroatoms. The predicted molar refractivity (Wildman–Crippen MR) is 66.0 cm³/mol.